The largest absolute Gasteiger partial charge is 0.306 e. The van der Waals surface area contributed by atoms with E-state index in [4.69, 9.17) is 16.6 Å². The van der Waals surface area contributed by atoms with Gasteiger partial charge in [0.25, 0.3) is 5.91 Å². The number of rotatable bonds is 4. The summed E-state index contributed by atoms with van der Waals surface area (Å²) in [4.78, 5) is 17.3. The van der Waals surface area contributed by atoms with Crippen molar-refractivity contribution in [2.75, 3.05) is 5.32 Å². The number of anilines is 1. The van der Waals surface area contributed by atoms with Gasteiger partial charge in [-0.15, -0.1) is 11.3 Å². The Labute approximate surface area is 171 Å². The number of carbonyl (C=O) groups excluding carboxylic acids is 1. The highest BCUT2D eigenvalue weighted by Crippen LogP contribution is 2.27. The van der Waals surface area contributed by atoms with Crippen molar-refractivity contribution in [1.82, 2.24) is 14.8 Å². The van der Waals surface area contributed by atoms with Gasteiger partial charge in [0.15, 0.2) is 0 Å². The minimum absolute atomic E-state index is 0.290. The van der Waals surface area contributed by atoms with Crippen molar-refractivity contribution in [2.45, 2.75) is 13.8 Å². The second-order valence-electron chi connectivity index (χ2n) is 6.40. The van der Waals surface area contributed by atoms with Gasteiger partial charge in [-0.25, -0.2) is 4.98 Å². The molecule has 4 rings (SSSR count). The molecule has 0 saturated carbocycles. The van der Waals surface area contributed by atoms with Gasteiger partial charge in [0.2, 0.25) is 5.13 Å². The first-order chi connectivity index (χ1) is 13.5. The molecule has 0 saturated heterocycles. The lowest BCUT2D eigenvalue weighted by atomic mass is 10.1. The van der Waals surface area contributed by atoms with E-state index in [9.17, 15) is 4.79 Å². The zero-order valence-corrected chi connectivity index (χ0v) is 16.9. The fraction of sp³-hybridized carbons (Fsp3) is 0.0952. The molecule has 0 unspecified atom stereocenters. The molecular weight excluding hydrogens is 392 g/mol. The standard InChI is InChI=1S/C21H17ClN4OS/c1-13-7-9-15(10-8-13)18-12-28-21(23-18)26-19(11-14(2)25-26)24-20(27)16-5-3-4-6-17(16)22/h3-12H,1-2H3,(H,24,27). The molecule has 0 fully saturated rings. The number of carbonyl (C=O) groups is 1. The Morgan fingerprint density at radius 1 is 1.11 bits per heavy atom. The first-order valence-corrected chi connectivity index (χ1v) is 9.92. The van der Waals surface area contributed by atoms with Gasteiger partial charge in [-0.1, -0.05) is 53.6 Å². The molecule has 0 aliphatic heterocycles. The average molecular weight is 409 g/mol. The van der Waals surface area contributed by atoms with Crippen molar-refractivity contribution in [3.63, 3.8) is 0 Å². The smallest absolute Gasteiger partial charge is 0.258 e. The van der Waals surface area contributed by atoms with Crippen LogP contribution < -0.4 is 5.32 Å². The topological polar surface area (TPSA) is 59.8 Å². The minimum atomic E-state index is -0.290. The van der Waals surface area contributed by atoms with E-state index in [0.717, 1.165) is 17.0 Å². The van der Waals surface area contributed by atoms with Crippen molar-refractivity contribution < 1.29 is 4.79 Å². The molecule has 0 aliphatic rings. The highest BCUT2D eigenvalue weighted by Gasteiger charge is 2.16. The molecule has 7 heteroatoms. The number of aryl methyl sites for hydroxylation is 2. The Bertz CT molecular complexity index is 1150. The fourth-order valence-corrected chi connectivity index (χ4v) is 3.80. The Morgan fingerprint density at radius 2 is 1.86 bits per heavy atom. The molecule has 2 aromatic carbocycles. The molecule has 28 heavy (non-hydrogen) atoms. The third-order valence-corrected chi connectivity index (χ3v) is 5.36. The highest BCUT2D eigenvalue weighted by atomic mass is 35.5. The van der Waals surface area contributed by atoms with Gasteiger partial charge in [0.1, 0.15) is 5.82 Å². The van der Waals surface area contributed by atoms with E-state index in [1.807, 2.05) is 30.5 Å². The molecule has 0 aliphatic carbocycles. The average Bonchev–Trinajstić information content (AvgIpc) is 3.29. The van der Waals surface area contributed by atoms with Crippen LogP contribution in [-0.2, 0) is 0 Å². The second kappa shape index (κ2) is 7.58. The number of hydrogen-bond donors (Lipinski definition) is 1. The molecule has 0 radical (unpaired) electrons. The summed E-state index contributed by atoms with van der Waals surface area (Å²) in [7, 11) is 0. The summed E-state index contributed by atoms with van der Waals surface area (Å²) in [6.07, 6.45) is 0. The highest BCUT2D eigenvalue weighted by molar-refractivity contribution is 7.12. The van der Waals surface area contributed by atoms with Crippen LogP contribution in [0.2, 0.25) is 5.02 Å². The van der Waals surface area contributed by atoms with Gasteiger partial charge in [0, 0.05) is 17.0 Å². The van der Waals surface area contributed by atoms with Gasteiger partial charge in [-0.3, -0.25) is 4.79 Å². The fourth-order valence-electron chi connectivity index (χ4n) is 2.78. The number of benzene rings is 2. The molecule has 2 heterocycles. The summed E-state index contributed by atoms with van der Waals surface area (Å²) in [6.45, 7) is 3.92. The predicted octanol–water partition coefficient (Wildman–Crippen LogP) is 5.52. The van der Waals surface area contributed by atoms with Crippen LogP contribution in [0, 0.1) is 13.8 Å². The number of nitrogens with one attached hydrogen (secondary N) is 1. The van der Waals surface area contributed by atoms with Gasteiger partial charge < -0.3 is 5.32 Å². The van der Waals surface area contributed by atoms with E-state index in [1.165, 1.54) is 16.9 Å². The van der Waals surface area contributed by atoms with Crippen LogP contribution in [0.3, 0.4) is 0 Å². The zero-order chi connectivity index (χ0) is 19.7. The van der Waals surface area contributed by atoms with Gasteiger partial charge in [0.05, 0.1) is 22.0 Å². The number of amides is 1. The van der Waals surface area contributed by atoms with E-state index in [-0.39, 0.29) is 5.91 Å². The maximum Gasteiger partial charge on any atom is 0.258 e. The monoisotopic (exact) mass is 408 g/mol. The SMILES string of the molecule is Cc1ccc(-c2csc(-n3nc(C)cc3NC(=O)c3ccccc3Cl)n2)cc1. The van der Waals surface area contributed by atoms with E-state index in [1.54, 1.807) is 28.9 Å². The quantitative estimate of drug-likeness (QED) is 0.483. The maximum atomic E-state index is 12.6. The Hall–Kier alpha value is -2.96. The lowest BCUT2D eigenvalue weighted by molar-refractivity contribution is 0.102. The molecule has 2 aromatic heterocycles. The summed E-state index contributed by atoms with van der Waals surface area (Å²) in [6, 6.07) is 16.9. The van der Waals surface area contributed by atoms with Crippen LogP contribution >= 0.6 is 22.9 Å². The zero-order valence-electron chi connectivity index (χ0n) is 15.3. The van der Waals surface area contributed by atoms with E-state index < -0.39 is 0 Å². The number of halogens is 1. The Kier molecular flexibility index (Phi) is 4.98. The van der Waals surface area contributed by atoms with E-state index >= 15 is 0 Å². The van der Waals surface area contributed by atoms with Crippen LogP contribution in [-0.4, -0.2) is 20.7 Å². The molecule has 1 N–H and O–H groups in total. The van der Waals surface area contributed by atoms with Crippen molar-refractivity contribution in [1.29, 1.82) is 0 Å². The second-order valence-corrected chi connectivity index (χ2v) is 7.64. The van der Waals surface area contributed by atoms with Crippen LogP contribution in [0.4, 0.5) is 5.82 Å². The van der Waals surface area contributed by atoms with Gasteiger partial charge in [-0.2, -0.15) is 9.78 Å². The van der Waals surface area contributed by atoms with Crippen molar-refractivity contribution >= 4 is 34.7 Å². The number of hydrogen-bond acceptors (Lipinski definition) is 4. The summed E-state index contributed by atoms with van der Waals surface area (Å²) in [5.41, 5.74) is 4.30. The molecule has 0 atom stereocenters. The normalized spacial score (nSPS) is 10.8. The molecular formula is C21H17ClN4OS. The van der Waals surface area contributed by atoms with Crippen LogP contribution in [0.15, 0.2) is 60.0 Å². The summed E-state index contributed by atoms with van der Waals surface area (Å²) >= 11 is 7.60. The predicted molar refractivity (Wildman–Crippen MR) is 114 cm³/mol. The molecule has 1 amide bonds. The van der Waals surface area contributed by atoms with Crippen molar-refractivity contribution in [2.24, 2.45) is 0 Å². The lowest BCUT2D eigenvalue weighted by Crippen LogP contribution is -2.15. The Morgan fingerprint density at radius 3 is 2.61 bits per heavy atom. The first-order valence-electron chi connectivity index (χ1n) is 8.67. The molecule has 0 spiro atoms. The molecule has 0 bridgehead atoms. The first kappa shape index (κ1) is 18.4. The summed E-state index contributed by atoms with van der Waals surface area (Å²) in [5, 5.41) is 10.4. The molecule has 4 aromatic rings. The van der Waals surface area contributed by atoms with Gasteiger partial charge >= 0.3 is 0 Å². The van der Waals surface area contributed by atoms with Crippen LogP contribution in [0.1, 0.15) is 21.6 Å². The third-order valence-electron chi connectivity index (χ3n) is 4.21. The van der Waals surface area contributed by atoms with E-state index in [0.29, 0.717) is 21.5 Å². The summed E-state index contributed by atoms with van der Waals surface area (Å²) in [5.74, 6) is 0.259. The van der Waals surface area contributed by atoms with Gasteiger partial charge in [-0.05, 0) is 26.0 Å². The van der Waals surface area contributed by atoms with Crippen molar-refractivity contribution in [3.8, 4) is 16.4 Å². The lowest BCUT2D eigenvalue weighted by Gasteiger charge is -2.07. The Balaban J connectivity index is 1.64. The van der Waals surface area contributed by atoms with Crippen LogP contribution in [0.5, 0.6) is 0 Å². The van der Waals surface area contributed by atoms with E-state index in [2.05, 4.69) is 29.5 Å². The molecule has 140 valence electrons. The molecule has 5 nitrogen and oxygen atoms in total. The maximum absolute atomic E-state index is 12.6. The number of thiazole rings is 1. The summed E-state index contributed by atoms with van der Waals surface area (Å²) < 4.78 is 1.65. The number of nitrogens with zero attached hydrogens (tertiary/aromatic N) is 3. The third kappa shape index (κ3) is 3.69. The minimum Gasteiger partial charge on any atom is -0.306 e. The number of aromatic nitrogens is 3. The van der Waals surface area contributed by atoms with Crippen molar-refractivity contribution in [3.05, 3.63) is 81.8 Å². The van der Waals surface area contributed by atoms with Crippen LogP contribution in [0.25, 0.3) is 16.4 Å².